The second-order valence-electron chi connectivity index (χ2n) is 4.05. The van der Waals surface area contributed by atoms with Gasteiger partial charge in [-0.3, -0.25) is 4.79 Å². The van der Waals surface area contributed by atoms with Gasteiger partial charge in [0.1, 0.15) is 6.04 Å². The zero-order valence-electron chi connectivity index (χ0n) is 9.25. The lowest BCUT2D eigenvalue weighted by atomic mass is 9.85. The van der Waals surface area contributed by atoms with Crippen LogP contribution in [0.3, 0.4) is 0 Å². The van der Waals surface area contributed by atoms with Crippen molar-refractivity contribution in [3.63, 3.8) is 0 Å². The summed E-state index contributed by atoms with van der Waals surface area (Å²) in [6, 6.07) is -1.74. The number of hydrogen-bond acceptors (Lipinski definition) is 4. The number of rotatable bonds is 4. The molecular formula is C9H13F3N2O4. The Labute approximate surface area is 100 Å². The molecule has 0 saturated carbocycles. The van der Waals surface area contributed by atoms with E-state index in [2.05, 4.69) is 5.32 Å². The Balaban J connectivity index is 2.88. The molecule has 2 unspecified atom stereocenters. The lowest BCUT2D eigenvalue weighted by Gasteiger charge is -2.30. The van der Waals surface area contributed by atoms with Crippen molar-refractivity contribution in [1.29, 1.82) is 0 Å². The number of nitrogens with one attached hydrogen (secondary N) is 2. The molecule has 0 spiro atoms. The topological polar surface area (TPSA) is 98.7 Å². The van der Waals surface area contributed by atoms with Crippen LogP contribution in [0.4, 0.5) is 13.2 Å². The summed E-state index contributed by atoms with van der Waals surface area (Å²) in [5.74, 6) is -3.02. The quantitative estimate of drug-likeness (QED) is 0.530. The van der Waals surface area contributed by atoms with E-state index in [-0.39, 0.29) is 6.54 Å². The fourth-order valence-electron chi connectivity index (χ4n) is 1.74. The summed E-state index contributed by atoms with van der Waals surface area (Å²) in [5.41, 5.74) is -2.63. The minimum Gasteiger partial charge on any atom is -0.480 e. The van der Waals surface area contributed by atoms with Crippen LogP contribution in [0, 0.1) is 5.41 Å². The van der Waals surface area contributed by atoms with Crippen molar-refractivity contribution in [1.82, 2.24) is 10.6 Å². The van der Waals surface area contributed by atoms with Gasteiger partial charge < -0.3 is 20.8 Å². The predicted molar refractivity (Wildman–Crippen MR) is 52.6 cm³/mol. The number of hydrogen-bond donors (Lipinski definition) is 4. The normalized spacial score (nSPS) is 25.8. The Kier molecular flexibility index (Phi) is 4.17. The minimum absolute atomic E-state index is 0.0177. The zero-order valence-corrected chi connectivity index (χ0v) is 9.25. The van der Waals surface area contributed by atoms with Crippen molar-refractivity contribution in [2.45, 2.75) is 18.6 Å². The van der Waals surface area contributed by atoms with Crippen molar-refractivity contribution in [2.24, 2.45) is 5.41 Å². The molecule has 1 aliphatic rings. The number of aliphatic hydroxyl groups excluding tert-OH is 1. The van der Waals surface area contributed by atoms with E-state index in [4.69, 9.17) is 10.2 Å². The van der Waals surface area contributed by atoms with Gasteiger partial charge >= 0.3 is 12.1 Å². The highest BCUT2D eigenvalue weighted by molar-refractivity contribution is 5.88. The van der Waals surface area contributed by atoms with Crippen LogP contribution in [0.5, 0.6) is 0 Å². The van der Waals surface area contributed by atoms with E-state index in [9.17, 15) is 22.8 Å². The smallest absolute Gasteiger partial charge is 0.404 e. The highest BCUT2D eigenvalue weighted by Gasteiger charge is 2.61. The Bertz CT molecular complexity index is 339. The SMILES string of the molecule is O=C(O)C(CO)NC(=O)C1(C(F)(F)F)CCNC1. The fraction of sp³-hybridized carbons (Fsp3) is 0.778. The van der Waals surface area contributed by atoms with Crippen LogP contribution >= 0.6 is 0 Å². The zero-order chi connectivity index (χ0) is 14.0. The number of carboxylic acids is 1. The summed E-state index contributed by atoms with van der Waals surface area (Å²) < 4.78 is 38.7. The van der Waals surface area contributed by atoms with Crippen LogP contribution in [-0.2, 0) is 9.59 Å². The van der Waals surface area contributed by atoms with E-state index in [1.165, 1.54) is 0 Å². The molecule has 1 amide bonds. The maximum atomic E-state index is 12.9. The van der Waals surface area contributed by atoms with Gasteiger partial charge in [-0.25, -0.2) is 4.79 Å². The summed E-state index contributed by atoms with van der Waals surface area (Å²) in [7, 11) is 0. The molecule has 0 aliphatic carbocycles. The number of aliphatic hydroxyl groups is 1. The molecule has 2 atom stereocenters. The Hall–Kier alpha value is -1.35. The van der Waals surface area contributed by atoms with E-state index < -0.39 is 49.1 Å². The highest BCUT2D eigenvalue weighted by Crippen LogP contribution is 2.43. The maximum absolute atomic E-state index is 12.9. The van der Waals surface area contributed by atoms with E-state index in [1.807, 2.05) is 0 Å². The first-order valence-corrected chi connectivity index (χ1v) is 5.16. The molecule has 18 heavy (non-hydrogen) atoms. The van der Waals surface area contributed by atoms with E-state index in [1.54, 1.807) is 5.32 Å². The fourth-order valence-corrected chi connectivity index (χ4v) is 1.74. The molecule has 4 N–H and O–H groups in total. The molecule has 1 fully saturated rings. The Morgan fingerprint density at radius 1 is 1.44 bits per heavy atom. The van der Waals surface area contributed by atoms with Crippen molar-refractivity contribution < 1.29 is 33.0 Å². The van der Waals surface area contributed by atoms with Gasteiger partial charge in [-0.1, -0.05) is 0 Å². The molecular weight excluding hydrogens is 257 g/mol. The van der Waals surface area contributed by atoms with Gasteiger partial charge in [0.25, 0.3) is 0 Å². The van der Waals surface area contributed by atoms with Crippen molar-refractivity contribution in [2.75, 3.05) is 19.7 Å². The molecule has 0 aromatic carbocycles. The number of carboxylic acid groups (broad SMARTS) is 1. The van der Waals surface area contributed by atoms with E-state index in [0.717, 1.165) is 0 Å². The van der Waals surface area contributed by atoms with Crippen LogP contribution in [0.15, 0.2) is 0 Å². The maximum Gasteiger partial charge on any atom is 0.404 e. The third kappa shape index (κ3) is 2.56. The first kappa shape index (κ1) is 14.7. The van der Waals surface area contributed by atoms with E-state index >= 15 is 0 Å². The molecule has 9 heteroatoms. The highest BCUT2D eigenvalue weighted by atomic mass is 19.4. The average Bonchev–Trinajstić information content (AvgIpc) is 2.74. The Morgan fingerprint density at radius 3 is 2.39 bits per heavy atom. The van der Waals surface area contributed by atoms with Crippen LogP contribution in [0.1, 0.15) is 6.42 Å². The molecule has 0 radical (unpaired) electrons. The number of halogens is 3. The number of aliphatic carboxylic acids is 1. The first-order chi connectivity index (χ1) is 8.24. The summed E-state index contributed by atoms with van der Waals surface area (Å²) in [4.78, 5) is 22.2. The van der Waals surface area contributed by atoms with Crippen molar-refractivity contribution >= 4 is 11.9 Å². The van der Waals surface area contributed by atoms with Gasteiger partial charge in [-0.2, -0.15) is 13.2 Å². The summed E-state index contributed by atoms with van der Waals surface area (Å²) >= 11 is 0. The first-order valence-electron chi connectivity index (χ1n) is 5.16. The molecule has 0 aromatic heterocycles. The van der Waals surface area contributed by atoms with Crippen molar-refractivity contribution in [3.8, 4) is 0 Å². The van der Waals surface area contributed by atoms with Crippen LogP contribution < -0.4 is 10.6 Å². The second-order valence-corrected chi connectivity index (χ2v) is 4.05. The molecule has 1 heterocycles. The lowest BCUT2D eigenvalue weighted by Crippen LogP contribution is -2.56. The van der Waals surface area contributed by atoms with Gasteiger partial charge in [-0.05, 0) is 13.0 Å². The van der Waals surface area contributed by atoms with Crippen LogP contribution in [0.25, 0.3) is 0 Å². The third-order valence-corrected chi connectivity index (χ3v) is 2.92. The van der Waals surface area contributed by atoms with Gasteiger partial charge in [0.2, 0.25) is 5.91 Å². The molecule has 6 nitrogen and oxygen atoms in total. The average molecular weight is 270 g/mol. The van der Waals surface area contributed by atoms with E-state index in [0.29, 0.717) is 0 Å². The van der Waals surface area contributed by atoms with Gasteiger partial charge in [0.05, 0.1) is 6.61 Å². The summed E-state index contributed by atoms with van der Waals surface area (Å²) in [5, 5.41) is 21.4. The predicted octanol–water partition coefficient (Wildman–Crippen LogP) is -0.910. The minimum atomic E-state index is -4.78. The molecule has 1 rings (SSSR count). The monoisotopic (exact) mass is 270 g/mol. The molecule has 1 saturated heterocycles. The van der Waals surface area contributed by atoms with Gasteiger partial charge in [0.15, 0.2) is 5.41 Å². The van der Waals surface area contributed by atoms with Crippen molar-refractivity contribution in [3.05, 3.63) is 0 Å². The molecule has 0 aromatic rings. The standard InChI is InChI=1S/C9H13F3N2O4/c10-9(11,12)8(1-2-13-4-8)7(18)14-5(3-15)6(16)17/h5,13,15H,1-4H2,(H,14,18)(H,16,17). The third-order valence-electron chi connectivity index (χ3n) is 2.92. The van der Waals surface area contributed by atoms with Crippen LogP contribution in [-0.4, -0.2) is 54.0 Å². The van der Waals surface area contributed by atoms with Gasteiger partial charge in [0, 0.05) is 6.54 Å². The largest absolute Gasteiger partial charge is 0.480 e. The van der Waals surface area contributed by atoms with Crippen LogP contribution in [0.2, 0.25) is 0 Å². The molecule has 104 valence electrons. The summed E-state index contributed by atoms with van der Waals surface area (Å²) in [6.45, 7) is -1.55. The number of carbonyl (C=O) groups is 2. The second kappa shape index (κ2) is 5.11. The summed E-state index contributed by atoms with van der Waals surface area (Å²) in [6.07, 6.45) is -5.24. The Morgan fingerprint density at radius 2 is 2.06 bits per heavy atom. The number of amides is 1. The number of carbonyl (C=O) groups excluding carboxylic acids is 1. The lowest BCUT2D eigenvalue weighted by molar-refractivity contribution is -0.216. The van der Waals surface area contributed by atoms with Gasteiger partial charge in [-0.15, -0.1) is 0 Å². The molecule has 1 aliphatic heterocycles. The molecule has 0 bridgehead atoms. The number of alkyl halides is 3.